The van der Waals surface area contributed by atoms with E-state index in [2.05, 4.69) is 10.1 Å². The van der Waals surface area contributed by atoms with Crippen LogP contribution in [0.25, 0.3) is 4.96 Å². The van der Waals surface area contributed by atoms with Crippen molar-refractivity contribution in [3.8, 4) is 5.88 Å². The zero-order valence-electron chi connectivity index (χ0n) is 12.9. The largest absolute Gasteiger partial charge is 0.492 e. The van der Waals surface area contributed by atoms with Crippen LogP contribution in [0.15, 0.2) is 22.8 Å². The number of ether oxygens (including phenoxy) is 1. The Morgan fingerprint density at radius 3 is 2.91 bits per heavy atom. The summed E-state index contributed by atoms with van der Waals surface area (Å²) in [4.78, 5) is 7.35. The number of nitrogens with one attached hydrogen (secondary N) is 1. The molecule has 1 atom stereocenters. The van der Waals surface area contributed by atoms with E-state index in [1.54, 1.807) is 6.26 Å². The molecule has 1 aliphatic heterocycles. The number of aryl methyl sites for hydroxylation is 1. The smallest absolute Gasteiger partial charge is 0.235 e. The van der Waals surface area contributed by atoms with Crippen LogP contribution in [0.3, 0.4) is 0 Å². The molecule has 0 spiro atoms. The molecule has 0 amide bonds. The molecule has 1 saturated heterocycles. The molecule has 2 N–H and O–H groups in total. The average Bonchev–Trinajstić information content (AvgIpc) is 3.29. The van der Waals surface area contributed by atoms with Crippen molar-refractivity contribution < 1.29 is 19.2 Å². The van der Waals surface area contributed by atoms with E-state index >= 15 is 0 Å². The van der Waals surface area contributed by atoms with Crippen LogP contribution < -0.4 is 4.90 Å². The maximum atomic E-state index is 10.7. The summed E-state index contributed by atoms with van der Waals surface area (Å²) in [6.07, 6.45) is 2.42. The number of quaternary nitrogens is 1. The van der Waals surface area contributed by atoms with Crippen molar-refractivity contribution in [3.63, 3.8) is 0 Å². The molecule has 0 aromatic carbocycles. The second-order valence-electron chi connectivity index (χ2n) is 5.58. The molecule has 23 heavy (non-hydrogen) atoms. The van der Waals surface area contributed by atoms with Crippen LogP contribution in [0.1, 0.15) is 29.4 Å². The zero-order chi connectivity index (χ0) is 15.8. The van der Waals surface area contributed by atoms with E-state index in [9.17, 15) is 5.11 Å². The van der Waals surface area contributed by atoms with Crippen molar-refractivity contribution in [2.75, 3.05) is 26.3 Å². The number of hydrogen-bond donors (Lipinski definition) is 2. The summed E-state index contributed by atoms with van der Waals surface area (Å²) < 4.78 is 12.7. The molecule has 0 unspecified atom stereocenters. The highest BCUT2D eigenvalue weighted by molar-refractivity contribution is 7.17. The van der Waals surface area contributed by atoms with Gasteiger partial charge in [0.15, 0.2) is 17.6 Å². The van der Waals surface area contributed by atoms with Gasteiger partial charge in [0.05, 0.1) is 19.5 Å². The molecule has 7 nitrogen and oxygen atoms in total. The third-order valence-corrected chi connectivity index (χ3v) is 5.28. The van der Waals surface area contributed by atoms with E-state index in [1.165, 1.54) is 20.8 Å². The van der Waals surface area contributed by atoms with E-state index in [-0.39, 0.29) is 11.9 Å². The molecule has 3 aromatic heterocycles. The van der Waals surface area contributed by atoms with Crippen LogP contribution in [0.5, 0.6) is 5.88 Å². The first kappa shape index (κ1) is 14.7. The van der Waals surface area contributed by atoms with Gasteiger partial charge in [0.25, 0.3) is 0 Å². The lowest BCUT2D eigenvalue weighted by atomic mass is 10.1. The molecule has 0 saturated carbocycles. The molecule has 3 aromatic rings. The highest BCUT2D eigenvalue weighted by Gasteiger charge is 2.35. The molecular formula is C15H19N4O3S+. The van der Waals surface area contributed by atoms with E-state index in [0.717, 1.165) is 40.9 Å². The Labute approximate surface area is 137 Å². The SMILES string of the molecule is CCc1nc2sc([C@H](c3ccco3)[NH+]3CCOCC3)c(O)n2n1. The van der Waals surface area contributed by atoms with Crippen molar-refractivity contribution in [2.45, 2.75) is 19.4 Å². The van der Waals surface area contributed by atoms with Crippen molar-refractivity contribution in [1.82, 2.24) is 14.6 Å². The fourth-order valence-electron chi connectivity index (χ4n) is 3.02. The molecule has 0 aliphatic carbocycles. The first-order chi connectivity index (χ1) is 11.3. The van der Waals surface area contributed by atoms with Gasteiger partial charge in [0.1, 0.15) is 18.0 Å². The van der Waals surface area contributed by atoms with E-state index in [1.807, 2.05) is 19.1 Å². The predicted molar refractivity (Wildman–Crippen MR) is 84.0 cm³/mol. The van der Waals surface area contributed by atoms with Gasteiger partial charge in [-0.3, -0.25) is 0 Å². The molecule has 0 bridgehead atoms. The number of aromatic hydroxyl groups is 1. The van der Waals surface area contributed by atoms with Gasteiger partial charge in [0.2, 0.25) is 10.8 Å². The highest BCUT2D eigenvalue weighted by atomic mass is 32.1. The van der Waals surface area contributed by atoms with Crippen LogP contribution in [0.4, 0.5) is 0 Å². The van der Waals surface area contributed by atoms with Crippen molar-refractivity contribution in [3.05, 3.63) is 34.9 Å². The topological polar surface area (TPSA) is 77.2 Å². The monoisotopic (exact) mass is 335 g/mol. The lowest BCUT2D eigenvalue weighted by molar-refractivity contribution is -0.933. The van der Waals surface area contributed by atoms with E-state index in [0.29, 0.717) is 13.2 Å². The van der Waals surface area contributed by atoms with E-state index < -0.39 is 0 Å². The predicted octanol–water partition coefficient (Wildman–Crippen LogP) is 0.656. The van der Waals surface area contributed by atoms with Crippen LogP contribution in [0.2, 0.25) is 0 Å². The summed E-state index contributed by atoms with van der Waals surface area (Å²) in [5.41, 5.74) is 0. The summed E-state index contributed by atoms with van der Waals surface area (Å²) in [6, 6.07) is 3.78. The summed E-state index contributed by atoms with van der Waals surface area (Å²) in [5, 5.41) is 15.0. The lowest BCUT2D eigenvalue weighted by Gasteiger charge is -2.29. The number of hydrogen-bond acceptors (Lipinski definition) is 6. The van der Waals surface area contributed by atoms with Gasteiger partial charge in [-0.15, -0.1) is 5.10 Å². The summed E-state index contributed by atoms with van der Waals surface area (Å²) >= 11 is 1.48. The number of rotatable bonds is 4. The molecule has 122 valence electrons. The number of aromatic nitrogens is 3. The van der Waals surface area contributed by atoms with Gasteiger partial charge in [0, 0.05) is 6.42 Å². The number of furan rings is 1. The Kier molecular flexibility index (Phi) is 3.80. The second-order valence-corrected chi connectivity index (χ2v) is 6.59. The second kappa shape index (κ2) is 5.95. The van der Waals surface area contributed by atoms with Crippen LogP contribution in [0, 0.1) is 0 Å². The molecule has 1 fully saturated rings. The number of thiazole rings is 1. The Hall–Kier alpha value is -1.90. The Balaban J connectivity index is 1.79. The summed E-state index contributed by atoms with van der Waals surface area (Å²) in [5.74, 6) is 1.75. The van der Waals surface area contributed by atoms with Gasteiger partial charge in [-0.2, -0.15) is 4.52 Å². The van der Waals surface area contributed by atoms with Gasteiger partial charge < -0.3 is 19.2 Å². The summed E-state index contributed by atoms with van der Waals surface area (Å²) in [6.45, 7) is 5.18. The minimum atomic E-state index is -0.0625. The molecule has 4 heterocycles. The van der Waals surface area contributed by atoms with Crippen LogP contribution >= 0.6 is 11.3 Å². The first-order valence-electron chi connectivity index (χ1n) is 7.81. The fourth-order valence-corrected chi connectivity index (χ4v) is 4.16. The molecular weight excluding hydrogens is 316 g/mol. The van der Waals surface area contributed by atoms with Crippen molar-refractivity contribution >= 4 is 16.3 Å². The van der Waals surface area contributed by atoms with Gasteiger partial charge in [-0.05, 0) is 12.1 Å². The molecule has 0 radical (unpaired) electrons. The Morgan fingerprint density at radius 1 is 1.43 bits per heavy atom. The normalized spacial score (nSPS) is 17.8. The minimum absolute atomic E-state index is 0.0625. The third-order valence-electron chi connectivity index (χ3n) is 4.19. The maximum Gasteiger partial charge on any atom is 0.235 e. The zero-order valence-corrected chi connectivity index (χ0v) is 13.7. The summed E-state index contributed by atoms with van der Waals surface area (Å²) in [7, 11) is 0. The quantitative estimate of drug-likeness (QED) is 0.732. The van der Waals surface area contributed by atoms with Crippen LogP contribution in [-0.4, -0.2) is 46.0 Å². The fraction of sp³-hybridized carbons (Fsp3) is 0.467. The van der Waals surface area contributed by atoms with Gasteiger partial charge >= 0.3 is 0 Å². The van der Waals surface area contributed by atoms with Crippen molar-refractivity contribution in [1.29, 1.82) is 0 Å². The Bertz CT molecular complexity index is 789. The number of fused-ring (bicyclic) bond motifs is 1. The number of nitrogens with zero attached hydrogens (tertiary/aromatic N) is 3. The van der Waals surface area contributed by atoms with E-state index in [4.69, 9.17) is 9.15 Å². The average molecular weight is 335 g/mol. The first-order valence-corrected chi connectivity index (χ1v) is 8.62. The number of morpholine rings is 1. The maximum absolute atomic E-state index is 10.7. The third kappa shape index (κ3) is 2.52. The molecule has 1 aliphatic rings. The molecule has 8 heteroatoms. The lowest BCUT2D eigenvalue weighted by Crippen LogP contribution is -3.14. The highest BCUT2D eigenvalue weighted by Crippen LogP contribution is 2.35. The Morgan fingerprint density at radius 2 is 2.26 bits per heavy atom. The van der Waals surface area contributed by atoms with Gasteiger partial charge in [-0.1, -0.05) is 18.3 Å². The minimum Gasteiger partial charge on any atom is -0.492 e. The van der Waals surface area contributed by atoms with Crippen molar-refractivity contribution in [2.24, 2.45) is 0 Å². The standard InChI is InChI=1S/C15H18N4O3S/c1-2-11-16-15-19(17-11)14(20)13(23-15)12(10-4-3-7-22-10)18-5-8-21-9-6-18/h3-4,7,12,20H,2,5-6,8-9H2,1H3/p+1/t12-/m0/s1. The van der Waals surface area contributed by atoms with Gasteiger partial charge in [-0.25, -0.2) is 4.98 Å². The van der Waals surface area contributed by atoms with Crippen LogP contribution in [-0.2, 0) is 11.2 Å². The molecule has 4 rings (SSSR count).